The summed E-state index contributed by atoms with van der Waals surface area (Å²) >= 11 is 0. The third-order valence-corrected chi connectivity index (χ3v) is 4.90. The molecule has 0 aliphatic heterocycles. The predicted octanol–water partition coefficient (Wildman–Crippen LogP) is 6.03. The van der Waals surface area contributed by atoms with Gasteiger partial charge in [-0.3, -0.25) is 0 Å². The van der Waals surface area contributed by atoms with E-state index in [0.717, 1.165) is 13.0 Å². The van der Waals surface area contributed by atoms with Gasteiger partial charge in [0.25, 0.3) is 0 Å². The van der Waals surface area contributed by atoms with Crippen LogP contribution in [0.15, 0.2) is 12.7 Å². The summed E-state index contributed by atoms with van der Waals surface area (Å²) < 4.78 is 5.10. The van der Waals surface area contributed by atoms with Crippen LogP contribution in [-0.2, 0) is 9.53 Å². The number of unbranched alkanes of at least 4 members (excludes halogenated alkanes) is 11. The molecule has 3 heteroatoms. The zero-order valence-corrected chi connectivity index (χ0v) is 17.0. The van der Waals surface area contributed by atoms with Crippen LogP contribution >= 0.6 is 0 Å². The molecule has 0 heterocycles. The van der Waals surface area contributed by atoms with Crippen LogP contribution < -0.4 is 5.32 Å². The fourth-order valence-electron chi connectivity index (χ4n) is 3.30. The van der Waals surface area contributed by atoms with E-state index < -0.39 is 0 Å². The molecule has 0 aromatic carbocycles. The average Bonchev–Trinajstić information content (AvgIpc) is 2.62. The first kappa shape index (κ1) is 24.2. The number of carbonyl (C=O) groups excluding carboxylic acids is 1. The second-order valence-corrected chi connectivity index (χ2v) is 7.26. The molecule has 0 saturated carbocycles. The minimum absolute atomic E-state index is 0.312. The average molecular weight is 354 g/mol. The monoisotopic (exact) mass is 353 g/mol. The molecule has 0 radical (unpaired) electrons. The molecule has 0 aromatic heterocycles. The zero-order valence-electron chi connectivity index (χ0n) is 17.0. The van der Waals surface area contributed by atoms with Gasteiger partial charge in [-0.15, -0.1) is 0 Å². The number of carbonyl (C=O) groups is 1. The Hall–Kier alpha value is -0.830. The molecular formula is C22H43NO2. The molecular weight excluding hydrogens is 310 g/mol. The Labute approximate surface area is 157 Å². The van der Waals surface area contributed by atoms with Crippen molar-refractivity contribution in [1.29, 1.82) is 0 Å². The number of nitrogens with one attached hydrogen (secondary N) is 1. The van der Waals surface area contributed by atoms with Crippen molar-refractivity contribution in [3.63, 3.8) is 0 Å². The van der Waals surface area contributed by atoms with Gasteiger partial charge in [-0.25, -0.2) is 4.79 Å². The smallest absolute Gasteiger partial charge is 0.330 e. The first-order valence-electron chi connectivity index (χ1n) is 10.7. The van der Waals surface area contributed by atoms with Crippen molar-refractivity contribution in [2.75, 3.05) is 20.2 Å². The van der Waals surface area contributed by atoms with Crippen molar-refractivity contribution in [2.45, 2.75) is 96.8 Å². The molecule has 0 aromatic rings. The maximum Gasteiger partial charge on any atom is 0.330 e. The largest absolute Gasteiger partial charge is 0.463 e. The summed E-state index contributed by atoms with van der Waals surface area (Å²) in [5.41, 5.74) is 0. The van der Waals surface area contributed by atoms with E-state index in [1.165, 1.54) is 89.5 Å². The lowest BCUT2D eigenvalue weighted by molar-refractivity contribution is -0.138. The van der Waals surface area contributed by atoms with Crippen molar-refractivity contribution < 1.29 is 9.53 Å². The van der Waals surface area contributed by atoms with Crippen LogP contribution in [0.3, 0.4) is 0 Å². The van der Waals surface area contributed by atoms with E-state index in [1.807, 2.05) is 7.05 Å². The Morgan fingerprint density at radius 3 is 1.92 bits per heavy atom. The summed E-state index contributed by atoms with van der Waals surface area (Å²) in [7, 11) is 1.99. The Balaban J connectivity index is 3.43. The third kappa shape index (κ3) is 17.8. The van der Waals surface area contributed by atoms with Gasteiger partial charge in [-0.2, -0.15) is 0 Å². The molecule has 0 spiro atoms. The fourth-order valence-corrected chi connectivity index (χ4v) is 3.30. The van der Waals surface area contributed by atoms with E-state index in [2.05, 4.69) is 18.8 Å². The Bertz CT molecular complexity index is 304. The predicted molar refractivity (Wildman–Crippen MR) is 109 cm³/mol. The molecule has 0 amide bonds. The minimum atomic E-state index is -0.312. The van der Waals surface area contributed by atoms with Crippen LogP contribution in [0.2, 0.25) is 0 Å². The van der Waals surface area contributed by atoms with Crippen LogP contribution in [-0.4, -0.2) is 26.2 Å². The van der Waals surface area contributed by atoms with Crippen LogP contribution in [0.25, 0.3) is 0 Å². The minimum Gasteiger partial charge on any atom is -0.463 e. The summed E-state index contributed by atoms with van der Waals surface area (Å²) in [4.78, 5) is 11.1. The van der Waals surface area contributed by atoms with E-state index in [-0.39, 0.29) is 5.97 Å². The van der Waals surface area contributed by atoms with Gasteiger partial charge in [-0.05, 0) is 32.4 Å². The molecule has 0 aliphatic carbocycles. The van der Waals surface area contributed by atoms with Crippen molar-refractivity contribution in [1.82, 2.24) is 5.32 Å². The van der Waals surface area contributed by atoms with E-state index in [9.17, 15) is 4.79 Å². The maximum atomic E-state index is 11.1. The second-order valence-electron chi connectivity index (χ2n) is 7.26. The normalized spacial score (nSPS) is 12.1. The summed E-state index contributed by atoms with van der Waals surface area (Å²) in [6.07, 6.45) is 20.1. The first-order chi connectivity index (χ1) is 12.2. The number of hydrogen-bond donors (Lipinski definition) is 1. The quantitative estimate of drug-likeness (QED) is 0.175. The Morgan fingerprint density at radius 1 is 0.920 bits per heavy atom. The standard InChI is InChI=1S/C22H43NO2/c1-4-6-7-8-9-10-11-12-13-14-15-16-17-21(20-23-3)18-19-25-22(24)5-2/h5,21,23H,2,4,6-20H2,1,3H3. The van der Waals surface area contributed by atoms with Gasteiger partial charge in [0, 0.05) is 6.08 Å². The van der Waals surface area contributed by atoms with E-state index >= 15 is 0 Å². The second kappa shape index (κ2) is 19.5. The molecule has 1 N–H and O–H groups in total. The fraction of sp³-hybridized carbons (Fsp3) is 0.864. The number of rotatable bonds is 19. The molecule has 0 saturated heterocycles. The number of ether oxygens (including phenoxy) is 1. The van der Waals surface area contributed by atoms with Crippen molar-refractivity contribution >= 4 is 5.97 Å². The molecule has 148 valence electrons. The maximum absolute atomic E-state index is 11.1. The van der Waals surface area contributed by atoms with E-state index in [0.29, 0.717) is 12.5 Å². The highest BCUT2D eigenvalue weighted by molar-refractivity contribution is 5.81. The molecule has 1 atom stereocenters. The highest BCUT2D eigenvalue weighted by Crippen LogP contribution is 2.16. The molecule has 1 unspecified atom stereocenters. The van der Waals surface area contributed by atoms with Crippen LogP contribution in [0.1, 0.15) is 96.8 Å². The molecule has 0 aliphatic rings. The highest BCUT2D eigenvalue weighted by atomic mass is 16.5. The van der Waals surface area contributed by atoms with Crippen molar-refractivity contribution in [3.8, 4) is 0 Å². The highest BCUT2D eigenvalue weighted by Gasteiger charge is 2.08. The van der Waals surface area contributed by atoms with Crippen molar-refractivity contribution in [2.24, 2.45) is 5.92 Å². The van der Waals surface area contributed by atoms with Gasteiger partial charge in [-0.1, -0.05) is 90.6 Å². The Kier molecular flexibility index (Phi) is 18.8. The summed E-state index contributed by atoms with van der Waals surface area (Å²) in [5.74, 6) is 0.291. The summed E-state index contributed by atoms with van der Waals surface area (Å²) in [6, 6.07) is 0. The number of hydrogen-bond acceptors (Lipinski definition) is 3. The van der Waals surface area contributed by atoms with Gasteiger partial charge < -0.3 is 10.1 Å². The van der Waals surface area contributed by atoms with E-state index in [1.54, 1.807) is 0 Å². The SMILES string of the molecule is C=CC(=O)OCCC(CCCCCCCCCCCCCC)CNC. The van der Waals surface area contributed by atoms with Gasteiger partial charge in [0.2, 0.25) is 0 Å². The lowest BCUT2D eigenvalue weighted by atomic mass is 9.97. The zero-order chi connectivity index (χ0) is 18.6. The number of esters is 1. The summed E-state index contributed by atoms with van der Waals surface area (Å²) in [5, 5.41) is 3.25. The molecule has 0 rings (SSSR count). The summed E-state index contributed by atoms with van der Waals surface area (Å²) in [6.45, 7) is 7.21. The molecule has 3 nitrogen and oxygen atoms in total. The molecule has 25 heavy (non-hydrogen) atoms. The third-order valence-electron chi connectivity index (χ3n) is 4.90. The van der Waals surface area contributed by atoms with Gasteiger partial charge in [0.05, 0.1) is 6.61 Å². The molecule has 0 fully saturated rings. The van der Waals surface area contributed by atoms with Gasteiger partial charge in [0.15, 0.2) is 0 Å². The lowest BCUT2D eigenvalue weighted by Crippen LogP contribution is -2.20. The van der Waals surface area contributed by atoms with E-state index in [4.69, 9.17) is 4.74 Å². The van der Waals surface area contributed by atoms with Gasteiger partial charge in [0.1, 0.15) is 0 Å². The van der Waals surface area contributed by atoms with Crippen molar-refractivity contribution in [3.05, 3.63) is 12.7 Å². The molecule has 0 bridgehead atoms. The van der Waals surface area contributed by atoms with Crippen LogP contribution in [0, 0.1) is 5.92 Å². The first-order valence-corrected chi connectivity index (χ1v) is 10.7. The Morgan fingerprint density at radius 2 is 1.44 bits per heavy atom. The lowest BCUT2D eigenvalue weighted by Gasteiger charge is -2.16. The van der Waals surface area contributed by atoms with Crippen LogP contribution in [0.4, 0.5) is 0 Å². The topological polar surface area (TPSA) is 38.3 Å². The van der Waals surface area contributed by atoms with Gasteiger partial charge >= 0.3 is 5.97 Å². The van der Waals surface area contributed by atoms with Crippen LogP contribution in [0.5, 0.6) is 0 Å².